The van der Waals surface area contributed by atoms with Crippen LogP contribution in [0.4, 0.5) is 5.69 Å². The Labute approximate surface area is 175 Å². The zero-order valence-electron chi connectivity index (χ0n) is 17.3. The first-order chi connectivity index (χ1) is 14.3. The molecular formula is C28H29N. The van der Waals surface area contributed by atoms with Gasteiger partial charge in [0, 0.05) is 17.8 Å². The molecule has 1 unspecified atom stereocenters. The molecule has 1 atom stereocenters. The van der Waals surface area contributed by atoms with Crippen molar-refractivity contribution in [2.45, 2.75) is 45.1 Å². The fourth-order valence-electron chi connectivity index (χ4n) is 4.11. The average molecular weight is 380 g/mol. The SMILES string of the molecule is CCCCCc1ccc(C#CC2c3ccccc3CCN2c2ccccc2)cc1. The monoisotopic (exact) mass is 379 g/mol. The summed E-state index contributed by atoms with van der Waals surface area (Å²) in [5.74, 6) is 7.05. The normalized spacial score (nSPS) is 15.3. The highest BCUT2D eigenvalue weighted by atomic mass is 15.2. The summed E-state index contributed by atoms with van der Waals surface area (Å²) in [6.45, 7) is 3.25. The average Bonchev–Trinajstić information content (AvgIpc) is 2.79. The van der Waals surface area contributed by atoms with Crippen LogP contribution in [0.3, 0.4) is 0 Å². The van der Waals surface area contributed by atoms with Crippen molar-refractivity contribution in [2.75, 3.05) is 11.4 Å². The fraction of sp³-hybridized carbons (Fsp3) is 0.286. The maximum absolute atomic E-state index is 3.59. The summed E-state index contributed by atoms with van der Waals surface area (Å²) < 4.78 is 0. The Morgan fingerprint density at radius 3 is 2.41 bits per heavy atom. The van der Waals surface area contributed by atoms with Crippen molar-refractivity contribution in [3.8, 4) is 11.8 Å². The molecule has 4 rings (SSSR count). The topological polar surface area (TPSA) is 3.24 Å². The molecule has 0 radical (unpaired) electrons. The maximum atomic E-state index is 3.59. The van der Waals surface area contributed by atoms with E-state index >= 15 is 0 Å². The molecule has 1 nitrogen and oxygen atoms in total. The van der Waals surface area contributed by atoms with E-state index in [9.17, 15) is 0 Å². The zero-order chi connectivity index (χ0) is 19.9. The molecule has 1 aliphatic heterocycles. The van der Waals surface area contributed by atoms with Crippen LogP contribution >= 0.6 is 0 Å². The lowest BCUT2D eigenvalue weighted by atomic mass is 9.92. The first-order valence-electron chi connectivity index (χ1n) is 10.8. The van der Waals surface area contributed by atoms with Crippen molar-refractivity contribution in [2.24, 2.45) is 0 Å². The third kappa shape index (κ3) is 4.72. The molecule has 0 spiro atoms. The van der Waals surface area contributed by atoms with Gasteiger partial charge in [0.25, 0.3) is 0 Å². The van der Waals surface area contributed by atoms with Gasteiger partial charge in [0.05, 0.1) is 0 Å². The van der Waals surface area contributed by atoms with Crippen molar-refractivity contribution in [3.05, 3.63) is 101 Å². The summed E-state index contributed by atoms with van der Waals surface area (Å²) >= 11 is 0. The van der Waals surface area contributed by atoms with Gasteiger partial charge < -0.3 is 4.90 Å². The number of anilines is 1. The van der Waals surface area contributed by atoms with Crippen LogP contribution < -0.4 is 4.90 Å². The molecule has 3 aromatic carbocycles. The van der Waals surface area contributed by atoms with E-state index in [1.807, 2.05) is 0 Å². The standard InChI is InChI=1S/C28H29N/c1-2-3-5-10-23-15-17-24(18-16-23)19-20-28-27-14-9-8-11-25(27)21-22-29(28)26-12-6-4-7-13-26/h4,6-9,11-18,28H,2-3,5,10,21-22H2,1H3. The Balaban J connectivity index is 1.59. The van der Waals surface area contributed by atoms with Crippen molar-refractivity contribution < 1.29 is 0 Å². The van der Waals surface area contributed by atoms with E-state index in [4.69, 9.17) is 0 Å². The number of aryl methyl sites for hydroxylation is 1. The van der Waals surface area contributed by atoms with Gasteiger partial charge in [-0.15, -0.1) is 0 Å². The molecule has 1 heteroatoms. The van der Waals surface area contributed by atoms with E-state index < -0.39 is 0 Å². The third-order valence-corrected chi connectivity index (χ3v) is 5.75. The second-order valence-electron chi connectivity index (χ2n) is 7.80. The molecule has 1 heterocycles. The number of hydrogen-bond acceptors (Lipinski definition) is 1. The molecule has 0 aliphatic carbocycles. The molecule has 0 saturated carbocycles. The summed E-state index contributed by atoms with van der Waals surface area (Å²) in [5, 5.41) is 0. The van der Waals surface area contributed by atoms with Crippen LogP contribution in [0.2, 0.25) is 0 Å². The van der Waals surface area contributed by atoms with E-state index in [0.717, 1.165) is 18.5 Å². The van der Waals surface area contributed by atoms with Crippen LogP contribution in [0, 0.1) is 11.8 Å². The quantitative estimate of drug-likeness (QED) is 0.358. The van der Waals surface area contributed by atoms with Crippen LogP contribution in [0.5, 0.6) is 0 Å². The van der Waals surface area contributed by atoms with E-state index in [0.29, 0.717) is 0 Å². The summed E-state index contributed by atoms with van der Waals surface area (Å²) in [5.41, 5.74) is 6.52. The highest BCUT2D eigenvalue weighted by Crippen LogP contribution is 2.33. The number of rotatable bonds is 5. The van der Waals surface area contributed by atoms with Gasteiger partial charge in [-0.1, -0.05) is 86.2 Å². The van der Waals surface area contributed by atoms with Gasteiger partial charge >= 0.3 is 0 Å². The number of unbranched alkanes of at least 4 members (excludes halogenated alkanes) is 2. The third-order valence-electron chi connectivity index (χ3n) is 5.75. The van der Waals surface area contributed by atoms with Crippen molar-refractivity contribution in [1.82, 2.24) is 0 Å². The van der Waals surface area contributed by atoms with Crippen LogP contribution in [0.1, 0.15) is 54.5 Å². The van der Waals surface area contributed by atoms with Crippen molar-refractivity contribution in [3.63, 3.8) is 0 Å². The largest absolute Gasteiger partial charge is 0.353 e. The summed E-state index contributed by atoms with van der Waals surface area (Å²) in [6, 6.07) is 28.3. The minimum atomic E-state index is 0.0894. The lowest BCUT2D eigenvalue weighted by Crippen LogP contribution is -2.34. The molecule has 0 saturated heterocycles. The first kappa shape index (κ1) is 19.3. The minimum absolute atomic E-state index is 0.0894. The Hall–Kier alpha value is -2.98. The predicted octanol–water partition coefficient (Wildman–Crippen LogP) is 6.57. The number of benzene rings is 3. The van der Waals surface area contributed by atoms with Gasteiger partial charge in [-0.2, -0.15) is 0 Å². The van der Waals surface area contributed by atoms with E-state index in [1.165, 1.54) is 48.1 Å². The lowest BCUT2D eigenvalue weighted by molar-refractivity contribution is 0.682. The van der Waals surface area contributed by atoms with Gasteiger partial charge in [-0.3, -0.25) is 0 Å². The van der Waals surface area contributed by atoms with Crippen LogP contribution in [-0.4, -0.2) is 6.54 Å². The lowest BCUT2D eigenvalue weighted by Gasteiger charge is -2.36. The van der Waals surface area contributed by atoms with Gasteiger partial charge in [-0.05, 0) is 60.2 Å². The van der Waals surface area contributed by atoms with Crippen LogP contribution in [0.15, 0.2) is 78.9 Å². The Bertz CT molecular complexity index is 976. The summed E-state index contributed by atoms with van der Waals surface area (Å²) in [6.07, 6.45) is 6.07. The van der Waals surface area contributed by atoms with Crippen molar-refractivity contribution >= 4 is 5.69 Å². The molecule has 0 N–H and O–H groups in total. The van der Waals surface area contributed by atoms with Crippen LogP contribution in [-0.2, 0) is 12.8 Å². The molecule has 3 aromatic rings. The van der Waals surface area contributed by atoms with E-state index in [1.54, 1.807) is 0 Å². The number of fused-ring (bicyclic) bond motifs is 1. The highest BCUT2D eigenvalue weighted by Gasteiger charge is 2.25. The summed E-state index contributed by atoms with van der Waals surface area (Å²) in [4.78, 5) is 2.44. The molecule has 29 heavy (non-hydrogen) atoms. The van der Waals surface area contributed by atoms with E-state index in [-0.39, 0.29) is 6.04 Å². The predicted molar refractivity (Wildman–Crippen MR) is 123 cm³/mol. The number of hydrogen-bond donors (Lipinski definition) is 0. The van der Waals surface area contributed by atoms with Crippen LogP contribution in [0.25, 0.3) is 0 Å². The molecule has 0 bridgehead atoms. The Morgan fingerprint density at radius 2 is 1.62 bits per heavy atom. The van der Waals surface area contributed by atoms with Crippen molar-refractivity contribution in [1.29, 1.82) is 0 Å². The summed E-state index contributed by atoms with van der Waals surface area (Å²) in [7, 11) is 0. The highest BCUT2D eigenvalue weighted by molar-refractivity contribution is 5.56. The second-order valence-corrected chi connectivity index (χ2v) is 7.80. The molecule has 0 fully saturated rings. The zero-order valence-corrected chi connectivity index (χ0v) is 17.3. The molecule has 1 aliphatic rings. The second kappa shape index (κ2) is 9.48. The maximum Gasteiger partial charge on any atom is 0.117 e. The molecule has 0 amide bonds. The first-order valence-corrected chi connectivity index (χ1v) is 10.8. The Morgan fingerprint density at radius 1 is 0.862 bits per heavy atom. The molecular weight excluding hydrogens is 350 g/mol. The van der Waals surface area contributed by atoms with Gasteiger partial charge in [-0.25, -0.2) is 0 Å². The van der Waals surface area contributed by atoms with Gasteiger partial charge in [0.15, 0.2) is 0 Å². The van der Waals surface area contributed by atoms with Gasteiger partial charge in [0.2, 0.25) is 0 Å². The number of para-hydroxylation sites is 1. The fourth-order valence-corrected chi connectivity index (χ4v) is 4.11. The number of nitrogens with zero attached hydrogens (tertiary/aromatic N) is 1. The molecule has 146 valence electrons. The van der Waals surface area contributed by atoms with E-state index in [2.05, 4.69) is 103 Å². The molecule has 0 aromatic heterocycles. The Kier molecular flexibility index (Phi) is 6.32. The minimum Gasteiger partial charge on any atom is -0.353 e. The smallest absolute Gasteiger partial charge is 0.117 e. The van der Waals surface area contributed by atoms with Gasteiger partial charge in [0.1, 0.15) is 6.04 Å².